The highest BCUT2D eigenvalue weighted by atomic mass is 35.5. The van der Waals surface area contributed by atoms with E-state index in [0.717, 1.165) is 17.7 Å². The van der Waals surface area contributed by atoms with Crippen LogP contribution in [0.15, 0.2) is 28.5 Å². The number of piperidine rings is 1. The van der Waals surface area contributed by atoms with Crippen LogP contribution in [0.3, 0.4) is 0 Å². The van der Waals surface area contributed by atoms with Crippen molar-refractivity contribution in [2.24, 2.45) is 0 Å². The molecule has 1 aromatic heterocycles. The van der Waals surface area contributed by atoms with Crippen LogP contribution >= 0.6 is 22.9 Å². The van der Waals surface area contributed by atoms with Crippen molar-refractivity contribution < 1.29 is 13.2 Å². The highest BCUT2D eigenvalue weighted by Crippen LogP contribution is 2.34. The first kappa shape index (κ1) is 15.8. The second-order valence-corrected chi connectivity index (χ2v) is 9.12. The Hall–Kier alpha value is -0.700. The van der Waals surface area contributed by atoms with E-state index in [2.05, 4.69) is 5.32 Å². The fourth-order valence-corrected chi connectivity index (χ4v) is 6.38. The molecule has 0 spiro atoms. The van der Waals surface area contributed by atoms with Gasteiger partial charge < -0.3 is 10.1 Å². The lowest BCUT2D eigenvalue weighted by atomic mass is 10.0. The van der Waals surface area contributed by atoms with Gasteiger partial charge in [-0.2, -0.15) is 4.31 Å². The lowest BCUT2D eigenvalue weighted by Gasteiger charge is -2.40. The molecule has 2 aliphatic rings. The summed E-state index contributed by atoms with van der Waals surface area (Å²) in [6, 6.07) is 5.45. The molecule has 0 radical (unpaired) electrons. The molecule has 2 aromatic rings. The first-order valence-corrected chi connectivity index (χ1v) is 10.3. The summed E-state index contributed by atoms with van der Waals surface area (Å²) in [6.07, 6.45) is 0.837. The van der Waals surface area contributed by atoms with E-state index in [-0.39, 0.29) is 12.1 Å². The number of morpholine rings is 1. The van der Waals surface area contributed by atoms with Crippen molar-refractivity contribution in [3.8, 4) is 0 Å². The number of ether oxygens (including phenoxy) is 1. The van der Waals surface area contributed by atoms with Crippen molar-refractivity contribution in [3.63, 3.8) is 0 Å². The number of rotatable bonds is 2. The molecule has 1 N–H and O–H groups in total. The summed E-state index contributed by atoms with van der Waals surface area (Å²) >= 11 is 7.48. The summed E-state index contributed by atoms with van der Waals surface area (Å²) in [5, 5.41) is 6.34. The number of fused-ring (bicyclic) bond motifs is 2. The van der Waals surface area contributed by atoms with Crippen molar-refractivity contribution >= 4 is 43.0 Å². The number of hydrogen-bond donors (Lipinski definition) is 1. The van der Waals surface area contributed by atoms with Crippen molar-refractivity contribution in [2.45, 2.75) is 23.5 Å². The minimum atomic E-state index is -3.52. The summed E-state index contributed by atoms with van der Waals surface area (Å²) in [4.78, 5) is 0.357. The summed E-state index contributed by atoms with van der Waals surface area (Å²) in [5.74, 6) is 0. The molecule has 0 unspecified atom stereocenters. The van der Waals surface area contributed by atoms with Gasteiger partial charge in [0.05, 0.1) is 12.7 Å². The van der Waals surface area contributed by atoms with Crippen LogP contribution in [0.4, 0.5) is 0 Å². The second kappa shape index (κ2) is 5.98. The molecule has 8 heteroatoms. The number of sulfonamides is 1. The topological polar surface area (TPSA) is 58.6 Å². The average molecular weight is 373 g/mol. The Kier molecular flexibility index (Phi) is 4.11. The van der Waals surface area contributed by atoms with Crippen molar-refractivity contribution in [3.05, 3.63) is 28.6 Å². The summed E-state index contributed by atoms with van der Waals surface area (Å²) in [6.45, 7) is 2.40. The van der Waals surface area contributed by atoms with Gasteiger partial charge >= 0.3 is 0 Å². The Morgan fingerprint density at radius 2 is 2.26 bits per heavy atom. The smallest absolute Gasteiger partial charge is 0.244 e. The first-order chi connectivity index (χ1) is 11.1. The van der Waals surface area contributed by atoms with Crippen LogP contribution in [0.5, 0.6) is 0 Å². The van der Waals surface area contributed by atoms with Crippen LogP contribution in [0.2, 0.25) is 5.02 Å². The molecular weight excluding hydrogens is 356 g/mol. The van der Waals surface area contributed by atoms with E-state index >= 15 is 0 Å². The van der Waals surface area contributed by atoms with E-state index in [1.807, 2.05) is 6.07 Å². The maximum absolute atomic E-state index is 13.1. The maximum Gasteiger partial charge on any atom is 0.244 e. The van der Waals surface area contributed by atoms with Gasteiger partial charge in [0.2, 0.25) is 10.0 Å². The molecule has 2 fully saturated rings. The minimum absolute atomic E-state index is 0.0702. The largest absolute Gasteiger partial charge is 0.375 e. The summed E-state index contributed by atoms with van der Waals surface area (Å²) < 4.78 is 34.4. The van der Waals surface area contributed by atoms with Gasteiger partial charge in [0.25, 0.3) is 0 Å². The Labute approximate surface area is 144 Å². The standard InChI is InChI=1S/C15H17ClN2O3S2/c16-10-1-2-14-11(7-10)15(9-22-14)23(19,20)18-5-3-13-12(8-18)17-4-6-21-13/h1-2,7,9,12-13,17H,3-6,8H2/t12-,13+/m1/s1. The first-order valence-electron chi connectivity index (χ1n) is 7.57. The zero-order valence-corrected chi connectivity index (χ0v) is 14.8. The van der Waals surface area contributed by atoms with E-state index in [4.69, 9.17) is 16.3 Å². The number of hydrogen-bond acceptors (Lipinski definition) is 5. The predicted molar refractivity (Wildman–Crippen MR) is 91.7 cm³/mol. The number of thiophene rings is 1. The van der Waals surface area contributed by atoms with Gasteiger partial charge in [-0.3, -0.25) is 0 Å². The Morgan fingerprint density at radius 1 is 1.39 bits per heavy atom. The molecule has 1 aromatic carbocycles. The van der Waals surface area contributed by atoms with Crippen molar-refractivity contribution in [1.82, 2.24) is 9.62 Å². The third kappa shape index (κ3) is 2.79. The maximum atomic E-state index is 13.1. The molecule has 2 atom stereocenters. The normalized spacial score (nSPS) is 26.3. The molecule has 0 saturated carbocycles. The van der Waals surface area contributed by atoms with Gasteiger partial charge in [-0.15, -0.1) is 11.3 Å². The Bertz CT molecular complexity index is 836. The van der Waals surface area contributed by atoms with Gasteiger partial charge in [0.1, 0.15) is 4.90 Å². The number of nitrogens with zero attached hydrogens (tertiary/aromatic N) is 1. The molecule has 2 saturated heterocycles. The van der Waals surface area contributed by atoms with Crippen LogP contribution < -0.4 is 5.32 Å². The molecule has 0 amide bonds. The monoisotopic (exact) mass is 372 g/mol. The molecular formula is C15H17ClN2O3S2. The van der Waals surface area contributed by atoms with Crippen LogP contribution in [0.25, 0.3) is 10.1 Å². The molecule has 5 nitrogen and oxygen atoms in total. The van der Waals surface area contributed by atoms with Crippen molar-refractivity contribution in [2.75, 3.05) is 26.2 Å². The van der Waals surface area contributed by atoms with Crippen LogP contribution in [-0.2, 0) is 14.8 Å². The Morgan fingerprint density at radius 3 is 3.13 bits per heavy atom. The van der Waals surface area contributed by atoms with E-state index < -0.39 is 10.0 Å². The number of nitrogens with one attached hydrogen (secondary N) is 1. The summed E-state index contributed by atoms with van der Waals surface area (Å²) in [5.41, 5.74) is 0. The lowest BCUT2D eigenvalue weighted by Crippen LogP contribution is -2.59. The fourth-order valence-electron chi connectivity index (χ4n) is 3.29. The fraction of sp³-hybridized carbons (Fsp3) is 0.467. The SMILES string of the molecule is O=S(=O)(c1csc2ccc(Cl)cc12)N1CC[C@@H]2OCCN[C@@H]2C1. The van der Waals surface area contributed by atoms with E-state index in [9.17, 15) is 8.42 Å². The third-order valence-electron chi connectivity index (χ3n) is 4.47. The molecule has 4 rings (SSSR count). The summed E-state index contributed by atoms with van der Waals surface area (Å²) in [7, 11) is -3.52. The Balaban J connectivity index is 1.68. The highest BCUT2D eigenvalue weighted by molar-refractivity contribution is 7.89. The highest BCUT2D eigenvalue weighted by Gasteiger charge is 2.38. The van der Waals surface area contributed by atoms with Gasteiger partial charge in [-0.25, -0.2) is 8.42 Å². The predicted octanol–water partition coefficient (Wildman–Crippen LogP) is 2.31. The quantitative estimate of drug-likeness (QED) is 0.878. The lowest BCUT2D eigenvalue weighted by molar-refractivity contribution is -0.0302. The molecule has 2 aliphatic heterocycles. The average Bonchev–Trinajstić information content (AvgIpc) is 2.98. The van der Waals surface area contributed by atoms with E-state index in [1.54, 1.807) is 21.8 Å². The zero-order valence-electron chi connectivity index (χ0n) is 12.4. The van der Waals surface area contributed by atoms with Gasteiger partial charge in [-0.05, 0) is 24.6 Å². The minimum Gasteiger partial charge on any atom is -0.375 e. The number of halogens is 1. The van der Waals surface area contributed by atoms with Gasteiger partial charge in [-0.1, -0.05) is 11.6 Å². The molecule has 0 aliphatic carbocycles. The van der Waals surface area contributed by atoms with Crippen LogP contribution in [-0.4, -0.2) is 51.1 Å². The van der Waals surface area contributed by atoms with E-state index in [1.165, 1.54) is 11.3 Å². The third-order valence-corrected chi connectivity index (χ3v) is 7.72. The molecule has 124 valence electrons. The van der Waals surface area contributed by atoms with Crippen LogP contribution in [0, 0.1) is 0 Å². The number of benzene rings is 1. The van der Waals surface area contributed by atoms with Crippen LogP contribution in [0.1, 0.15) is 6.42 Å². The van der Waals surface area contributed by atoms with Crippen molar-refractivity contribution in [1.29, 1.82) is 0 Å². The van der Waals surface area contributed by atoms with Gasteiger partial charge in [0.15, 0.2) is 0 Å². The van der Waals surface area contributed by atoms with Gasteiger partial charge in [0, 0.05) is 46.2 Å². The molecule has 23 heavy (non-hydrogen) atoms. The second-order valence-electron chi connectivity index (χ2n) is 5.86. The molecule has 3 heterocycles. The zero-order chi connectivity index (χ0) is 16.0. The van der Waals surface area contributed by atoms with E-state index in [0.29, 0.717) is 35.0 Å². The molecule has 0 bridgehead atoms.